The van der Waals surface area contributed by atoms with Gasteiger partial charge in [-0.3, -0.25) is 0 Å². The summed E-state index contributed by atoms with van der Waals surface area (Å²) in [5.41, 5.74) is 1.50. The fourth-order valence-electron chi connectivity index (χ4n) is 3.59. The number of nitrogens with zero attached hydrogens (tertiary/aromatic N) is 1. The molecular weight excluding hydrogens is 256 g/mol. The molecular formula is C16H25ClN2. The lowest BCUT2D eigenvalue weighted by atomic mass is 9.73. The van der Waals surface area contributed by atoms with E-state index in [1.807, 2.05) is 12.1 Å². The third-order valence-corrected chi connectivity index (χ3v) is 4.85. The minimum absolute atomic E-state index is 0.206. The highest BCUT2D eigenvalue weighted by Gasteiger charge is 2.41. The molecule has 106 valence electrons. The van der Waals surface area contributed by atoms with Crippen LogP contribution in [0.1, 0.15) is 43.7 Å². The van der Waals surface area contributed by atoms with Crippen LogP contribution >= 0.6 is 11.6 Å². The maximum Gasteiger partial charge on any atom is 0.0505 e. The first-order valence-electron chi connectivity index (χ1n) is 7.20. The molecule has 1 aliphatic carbocycles. The number of hydrogen-bond acceptors (Lipinski definition) is 2. The number of benzene rings is 1. The number of halogens is 1. The second-order valence-corrected chi connectivity index (χ2v) is 6.27. The molecule has 19 heavy (non-hydrogen) atoms. The van der Waals surface area contributed by atoms with E-state index in [0.29, 0.717) is 6.04 Å². The molecule has 1 aromatic carbocycles. The Kier molecular flexibility index (Phi) is 4.88. The molecule has 3 heteroatoms. The van der Waals surface area contributed by atoms with Gasteiger partial charge in [-0.05, 0) is 51.7 Å². The summed E-state index contributed by atoms with van der Waals surface area (Å²) >= 11 is 6.17. The molecule has 0 amide bonds. The van der Waals surface area contributed by atoms with Crippen molar-refractivity contribution in [2.45, 2.75) is 43.7 Å². The van der Waals surface area contributed by atoms with Crippen LogP contribution in [-0.4, -0.2) is 31.6 Å². The summed E-state index contributed by atoms with van der Waals surface area (Å²) in [6, 6.07) is 8.62. The quantitative estimate of drug-likeness (QED) is 0.901. The Morgan fingerprint density at radius 2 is 1.89 bits per heavy atom. The second-order valence-electron chi connectivity index (χ2n) is 5.84. The first kappa shape index (κ1) is 14.8. The SMILES string of the molecule is CNC(c1cccc(Cl)c1)C1(N(C)C)CCCCC1. The third-order valence-electron chi connectivity index (χ3n) is 4.62. The first-order chi connectivity index (χ1) is 9.10. The molecule has 2 nitrogen and oxygen atoms in total. The second kappa shape index (κ2) is 6.25. The molecule has 1 atom stereocenters. The van der Waals surface area contributed by atoms with E-state index in [1.165, 1.54) is 37.7 Å². The predicted molar refractivity (Wildman–Crippen MR) is 82.8 cm³/mol. The Morgan fingerprint density at radius 1 is 1.21 bits per heavy atom. The Labute approximate surface area is 122 Å². The van der Waals surface area contributed by atoms with Gasteiger partial charge in [0.15, 0.2) is 0 Å². The van der Waals surface area contributed by atoms with E-state index in [1.54, 1.807) is 0 Å². The van der Waals surface area contributed by atoms with E-state index < -0.39 is 0 Å². The fourth-order valence-corrected chi connectivity index (χ4v) is 3.79. The lowest BCUT2D eigenvalue weighted by Crippen LogP contribution is -2.54. The lowest BCUT2D eigenvalue weighted by molar-refractivity contribution is 0.0594. The van der Waals surface area contributed by atoms with Crippen LogP contribution < -0.4 is 5.32 Å². The zero-order valence-corrected chi connectivity index (χ0v) is 13.0. The minimum atomic E-state index is 0.206. The Balaban J connectivity index is 2.37. The van der Waals surface area contributed by atoms with Crippen LogP contribution in [0.4, 0.5) is 0 Å². The average molecular weight is 281 g/mol. The highest BCUT2D eigenvalue weighted by molar-refractivity contribution is 6.30. The molecule has 1 aromatic rings. The normalized spacial score (nSPS) is 20.5. The van der Waals surface area contributed by atoms with Crippen LogP contribution in [0.15, 0.2) is 24.3 Å². The highest BCUT2D eigenvalue weighted by Crippen LogP contribution is 2.42. The fraction of sp³-hybridized carbons (Fsp3) is 0.625. The topological polar surface area (TPSA) is 15.3 Å². The van der Waals surface area contributed by atoms with Crippen LogP contribution in [0.3, 0.4) is 0 Å². The largest absolute Gasteiger partial charge is 0.311 e. The van der Waals surface area contributed by atoms with Gasteiger partial charge in [0.2, 0.25) is 0 Å². The smallest absolute Gasteiger partial charge is 0.0505 e. The van der Waals surface area contributed by atoms with Crippen molar-refractivity contribution in [1.29, 1.82) is 0 Å². The van der Waals surface area contributed by atoms with Crippen molar-refractivity contribution in [3.05, 3.63) is 34.9 Å². The molecule has 0 radical (unpaired) electrons. The molecule has 2 rings (SSSR count). The summed E-state index contributed by atoms with van der Waals surface area (Å²) < 4.78 is 0. The van der Waals surface area contributed by atoms with Gasteiger partial charge in [-0.2, -0.15) is 0 Å². The zero-order valence-electron chi connectivity index (χ0n) is 12.2. The summed E-state index contributed by atoms with van der Waals surface area (Å²) in [6.45, 7) is 0. The molecule has 1 N–H and O–H groups in total. The summed E-state index contributed by atoms with van der Waals surface area (Å²) in [7, 11) is 6.48. The summed E-state index contributed by atoms with van der Waals surface area (Å²) in [4.78, 5) is 2.41. The van der Waals surface area contributed by atoms with Crippen LogP contribution in [0, 0.1) is 0 Å². The monoisotopic (exact) mass is 280 g/mol. The van der Waals surface area contributed by atoms with Crippen molar-refractivity contribution < 1.29 is 0 Å². The Hall–Kier alpha value is -0.570. The molecule has 0 saturated heterocycles. The van der Waals surface area contributed by atoms with E-state index in [0.717, 1.165) is 5.02 Å². The van der Waals surface area contributed by atoms with E-state index >= 15 is 0 Å². The summed E-state index contributed by atoms with van der Waals surface area (Å²) in [6.07, 6.45) is 6.49. The van der Waals surface area contributed by atoms with Gasteiger partial charge in [-0.15, -0.1) is 0 Å². The van der Waals surface area contributed by atoms with Crippen molar-refractivity contribution >= 4 is 11.6 Å². The summed E-state index contributed by atoms with van der Waals surface area (Å²) in [5.74, 6) is 0. The first-order valence-corrected chi connectivity index (χ1v) is 7.58. The molecule has 0 heterocycles. The van der Waals surface area contributed by atoms with Gasteiger partial charge in [0.1, 0.15) is 0 Å². The third kappa shape index (κ3) is 2.96. The highest BCUT2D eigenvalue weighted by atomic mass is 35.5. The van der Waals surface area contributed by atoms with Crippen molar-refractivity contribution in [2.75, 3.05) is 21.1 Å². The van der Waals surface area contributed by atoms with E-state index in [2.05, 4.69) is 43.5 Å². The Bertz CT molecular complexity index is 411. The lowest BCUT2D eigenvalue weighted by Gasteiger charge is -2.48. The molecule has 1 aliphatic rings. The van der Waals surface area contributed by atoms with Crippen molar-refractivity contribution in [3.63, 3.8) is 0 Å². The zero-order chi connectivity index (χ0) is 13.9. The number of rotatable bonds is 4. The molecule has 1 saturated carbocycles. The minimum Gasteiger partial charge on any atom is -0.311 e. The van der Waals surface area contributed by atoms with Gasteiger partial charge in [0.05, 0.1) is 6.04 Å². The Morgan fingerprint density at radius 3 is 2.42 bits per heavy atom. The van der Waals surface area contributed by atoms with E-state index in [9.17, 15) is 0 Å². The van der Waals surface area contributed by atoms with Gasteiger partial charge < -0.3 is 10.2 Å². The molecule has 0 bridgehead atoms. The van der Waals surface area contributed by atoms with E-state index in [-0.39, 0.29) is 5.54 Å². The van der Waals surface area contributed by atoms with Gasteiger partial charge in [-0.25, -0.2) is 0 Å². The average Bonchev–Trinajstić information content (AvgIpc) is 2.40. The number of likely N-dealkylation sites (N-methyl/N-ethyl adjacent to an activating group) is 2. The van der Waals surface area contributed by atoms with Crippen LogP contribution in [0.2, 0.25) is 5.02 Å². The molecule has 0 aromatic heterocycles. The van der Waals surface area contributed by atoms with Gasteiger partial charge >= 0.3 is 0 Å². The van der Waals surface area contributed by atoms with Gasteiger partial charge in [0, 0.05) is 10.6 Å². The standard InChI is InChI=1S/C16H25ClN2/c1-18-15(13-8-7-9-14(17)12-13)16(19(2)3)10-5-4-6-11-16/h7-9,12,15,18H,4-6,10-11H2,1-3H3. The number of nitrogens with one attached hydrogen (secondary N) is 1. The van der Waals surface area contributed by atoms with E-state index in [4.69, 9.17) is 11.6 Å². The molecule has 1 fully saturated rings. The maximum atomic E-state index is 6.17. The van der Waals surface area contributed by atoms with Crippen LogP contribution in [0.5, 0.6) is 0 Å². The molecule has 0 aliphatic heterocycles. The predicted octanol–water partition coefficient (Wildman–Crippen LogP) is 3.87. The molecule has 0 spiro atoms. The van der Waals surface area contributed by atoms with Crippen molar-refractivity contribution in [2.24, 2.45) is 0 Å². The number of hydrogen-bond donors (Lipinski definition) is 1. The van der Waals surface area contributed by atoms with Crippen molar-refractivity contribution in [1.82, 2.24) is 10.2 Å². The maximum absolute atomic E-state index is 6.17. The van der Waals surface area contributed by atoms with Crippen molar-refractivity contribution in [3.8, 4) is 0 Å². The van der Waals surface area contributed by atoms with Gasteiger partial charge in [0.25, 0.3) is 0 Å². The van der Waals surface area contributed by atoms with Crippen LogP contribution in [-0.2, 0) is 0 Å². The molecule has 1 unspecified atom stereocenters. The van der Waals surface area contributed by atoms with Crippen LogP contribution in [0.25, 0.3) is 0 Å². The van der Waals surface area contributed by atoms with Gasteiger partial charge in [-0.1, -0.05) is 43.0 Å². The summed E-state index contributed by atoms with van der Waals surface area (Å²) in [5, 5.41) is 4.36.